The van der Waals surface area contributed by atoms with Crippen molar-refractivity contribution >= 4 is 34.7 Å². The van der Waals surface area contributed by atoms with Crippen LogP contribution < -0.4 is 8.92 Å². The van der Waals surface area contributed by atoms with E-state index >= 15 is 0 Å². The summed E-state index contributed by atoms with van der Waals surface area (Å²) in [7, 11) is 0. The van der Waals surface area contributed by atoms with Gasteiger partial charge in [-0.15, -0.1) is 0 Å². The average Bonchev–Trinajstić information content (AvgIpc) is 2.81. The summed E-state index contributed by atoms with van der Waals surface area (Å²) < 4.78 is 2.87. The van der Waals surface area contributed by atoms with E-state index in [1.54, 1.807) is 0 Å². The van der Waals surface area contributed by atoms with Crippen molar-refractivity contribution in [2.75, 3.05) is 0 Å². The first-order chi connectivity index (χ1) is 14.8. The average molecular weight is 449 g/mol. The Labute approximate surface area is 184 Å². The molecule has 0 aliphatic carbocycles. The van der Waals surface area contributed by atoms with Crippen LogP contribution in [0.4, 0.5) is 0 Å². The Morgan fingerprint density at radius 3 is 1.47 bits per heavy atom. The fourth-order valence-corrected chi connectivity index (χ4v) is 6.48. The van der Waals surface area contributed by atoms with Gasteiger partial charge in [-0.25, -0.2) is 0 Å². The number of benzene rings is 5. The van der Waals surface area contributed by atoms with Gasteiger partial charge in [0.05, 0.1) is 0 Å². The summed E-state index contributed by atoms with van der Waals surface area (Å²) in [5.41, 5.74) is 6.72. The first-order valence-corrected chi connectivity index (χ1v) is 11.9. The Balaban J connectivity index is 1.88. The second-order valence-electron chi connectivity index (χ2n) is 7.40. The SMILES string of the molecule is Cc1c([Se]c2ccccc2)c(-c2ccccc2)c2ccccc2c1-c1ccccc1. The van der Waals surface area contributed by atoms with Crippen LogP contribution in [-0.4, -0.2) is 15.0 Å². The third kappa shape index (κ3) is 3.48. The van der Waals surface area contributed by atoms with E-state index in [4.69, 9.17) is 0 Å². The van der Waals surface area contributed by atoms with Crippen molar-refractivity contribution in [1.82, 2.24) is 0 Å². The van der Waals surface area contributed by atoms with Crippen molar-refractivity contribution in [1.29, 1.82) is 0 Å². The molecule has 0 aromatic heterocycles. The molecule has 5 rings (SSSR count). The van der Waals surface area contributed by atoms with E-state index in [1.165, 1.54) is 47.5 Å². The quantitative estimate of drug-likeness (QED) is 0.289. The van der Waals surface area contributed by atoms with Crippen LogP contribution in [0.25, 0.3) is 33.0 Å². The zero-order valence-corrected chi connectivity index (χ0v) is 18.6. The normalized spacial score (nSPS) is 11.0. The second kappa shape index (κ2) is 8.32. The zero-order valence-electron chi connectivity index (χ0n) is 16.9. The summed E-state index contributed by atoms with van der Waals surface area (Å²) >= 11 is 0.212. The molecule has 0 nitrogen and oxygen atoms in total. The number of fused-ring (bicyclic) bond motifs is 1. The van der Waals surface area contributed by atoms with Crippen molar-refractivity contribution in [3.63, 3.8) is 0 Å². The van der Waals surface area contributed by atoms with Crippen LogP contribution in [0.1, 0.15) is 5.56 Å². The van der Waals surface area contributed by atoms with Gasteiger partial charge >= 0.3 is 185 Å². The summed E-state index contributed by atoms with van der Waals surface area (Å²) in [5.74, 6) is 0. The maximum atomic E-state index is 2.31. The van der Waals surface area contributed by atoms with Crippen LogP contribution >= 0.6 is 0 Å². The first-order valence-electron chi connectivity index (χ1n) is 10.2. The molecule has 0 N–H and O–H groups in total. The molecule has 0 spiro atoms. The van der Waals surface area contributed by atoms with Crippen molar-refractivity contribution in [3.8, 4) is 22.3 Å². The van der Waals surface area contributed by atoms with Crippen molar-refractivity contribution < 1.29 is 0 Å². The molecule has 0 saturated heterocycles. The van der Waals surface area contributed by atoms with E-state index in [9.17, 15) is 0 Å². The van der Waals surface area contributed by atoms with E-state index in [0.717, 1.165) is 0 Å². The maximum absolute atomic E-state index is 2.31. The molecule has 0 aliphatic rings. The van der Waals surface area contributed by atoms with Crippen LogP contribution in [0, 0.1) is 6.92 Å². The number of rotatable bonds is 4. The minimum absolute atomic E-state index is 0.212. The molecule has 1 heteroatoms. The molecule has 144 valence electrons. The summed E-state index contributed by atoms with van der Waals surface area (Å²) in [4.78, 5) is 0. The van der Waals surface area contributed by atoms with Gasteiger partial charge in [-0.05, 0) is 0 Å². The van der Waals surface area contributed by atoms with Gasteiger partial charge in [0.25, 0.3) is 0 Å². The Bertz CT molecular complexity index is 1290. The van der Waals surface area contributed by atoms with Crippen molar-refractivity contribution in [3.05, 3.63) is 121 Å². The van der Waals surface area contributed by atoms with Gasteiger partial charge in [0, 0.05) is 0 Å². The molecule has 0 bridgehead atoms. The molecular weight excluding hydrogens is 427 g/mol. The van der Waals surface area contributed by atoms with Crippen LogP contribution in [0.3, 0.4) is 0 Å². The van der Waals surface area contributed by atoms with Crippen LogP contribution in [-0.2, 0) is 0 Å². The predicted molar refractivity (Wildman–Crippen MR) is 131 cm³/mol. The fourth-order valence-electron chi connectivity index (χ4n) is 4.15. The summed E-state index contributed by atoms with van der Waals surface area (Å²) in [6.45, 7) is 2.31. The molecule has 0 fully saturated rings. The van der Waals surface area contributed by atoms with Crippen LogP contribution in [0.2, 0.25) is 0 Å². The molecule has 0 aliphatic heterocycles. The first kappa shape index (κ1) is 18.9. The topological polar surface area (TPSA) is 0 Å². The molecular formula is C29H22Se. The van der Waals surface area contributed by atoms with E-state index in [0.29, 0.717) is 0 Å². The molecule has 30 heavy (non-hydrogen) atoms. The molecule has 0 unspecified atom stereocenters. The van der Waals surface area contributed by atoms with Gasteiger partial charge in [-0.3, -0.25) is 0 Å². The monoisotopic (exact) mass is 450 g/mol. The Morgan fingerprint density at radius 2 is 0.900 bits per heavy atom. The second-order valence-corrected chi connectivity index (χ2v) is 9.67. The van der Waals surface area contributed by atoms with Gasteiger partial charge in [-0.1, -0.05) is 0 Å². The molecule has 5 aromatic rings. The number of hydrogen-bond donors (Lipinski definition) is 0. The van der Waals surface area contributed by atoms with Gasteiger partial charge in [0.15, 0.2) is 0 Å². The molecule has 5 aromatic carbocycles. The summed E-state index contributed by atoms with van der Waals surface area (Å²) in [6, 6.07) is 41.5. The van der Waals surface area contributed by atoms with Crippen molar-refractivity contribution in [2.45, 2.75) is 6.92 Å². The third-order valence-corrected chi connectivity index (χ3v) is 8.06. The van der Waals surface area contributed by atoms with Crippen LogP contribution in [0.5, 0.6) is 0 Å². The van der Waals surface area contributed by atoms with E-state index in [1.807, 2.05) is 0 Å². The molecule has 0 atom stereocenters. The van der Waals surface area contributed by atoms with E-state index in [-0.39, 0.29) is 15.0 Å². The standard InChI is InChI=1S/C29H22Se/c1-21-27(22-13-5-2-6-14-22)25-19-11-12-20-26(25)28(23-15-7-3-8-16-23)29(21)30-24-17-9-4-10-18-24/h2-20H,1H3. The molecule has 0 radical (unpaired) electrons. The van der Waals surface area contributed by atoms with Gasteiger partial charge in [-0.2, -0.15) is 0 Å². The van der Waals surface area contributed by atoms with Gasteiger partial charge in [0.1, 0.15) is 0 Å². The fraction of sp³-hybridized carbons (Fsp3) is 0.0345. The summed E-state index contributed by atoms with van der Waals surface area (Å²) in [6.07, 6.45) is 0. The molecule has 0 saturated carbocycles. The number of hydrogen-bond acceptors (Lipinski definition) is 0. The zero-order chi connectivity index (χ0) is 20.3. The van der Waals surface area contributed by atoms with E-state index < -0.39 is 0 Å². The predicted octanol–water partition coefficient (Wildman–Crippen LogP) is 6.14. The van der Waals surface area contributed by atoms with Gasteiger partial charge < -0.3 is 0 Å². The van der Waals surface area contributed by atoms with Gasteiger partial charge in [0.2, 0.25) is 0 Å². The molecule has 0 heterocycles. The molecule has 0 amide bonds. The summed E-state index contributed by atoms with van der Waals surface area (Å²) in [5, 5.41) is 2.66. The Morgan fingerprint density at radius 1 is 0.467 bits per heavy atom. The van der Waals surface area contributed by atoms with Crippen molar-refractivity contribution in [2.24, 2.45) is 0 Å². The Hall–Kier alpha value is -3.12. The van der Waals surface area contributed by atoms with E-state index in [2.05, 4.69) is 122 Å². The Kier molecular flexibility index (Phi) is 5.24. The third-order valence-electron chi connectivity index (χ3n) is 5.50. The van der Waals surface area contributed by atoms with Crippen LogP contribution in [0.15, 0.2) is 115 Å². The minimum atomic E-state index is 0.212.